The Bertz CT molecular complexity index is 583. The summed E-state index contributed by atoms with van der Waals surface area (Å²) < 4.78 is 0. The molecule has 0 spiro atoms. The van der Waals surface area contributed by atoms with E-state index in [2.05, 4.69) is 9.97 Å². The van der Waals surface area contributed by atoms with Crippen LogP contribution in [0.15, 0.2) is 24.5 Å². The minimum atomic E-state index is -0.420. The molecule has 0 aliphatic carbocycles. The molecule has 1 atom stereocenters. The van der Waals surface area contributed by atoms with Gasteiger partial charge in [0.2, 0.25) is 0 Å². The van der Waals surface area contributed by atoms with Crippen molar-refractivity contribution in [3.05, 3.63) is 51.9 Å². The molecule has 0 amide bonds. The lowest BCUT2D eigenvalue weighted by molar-refractivity contribution is 0.813. The fraction of sp³-hybridized carbons (Fsp3) is 0.231. The zero-order chi connectivity index (χ0) is 13.3. The van der Waals surface area contributed by atoms with Crippen LogP contribution in [0, 0.1) is 13.8 Å². The molecule has 1 unspecified atom stereocenters. The van der Waals surface area contributed by atoms with E-state index in [4.69, 9.17) is 23.1 Å². The number of rotatable bonds is 2. The Balaban J connectivity index is 2.47. The van der Waals surface area contributed by atoms with Crippen molar-refractivity contribution in [3.63, 3.8) is 0 Å². The van der Waals surface area contributed by atoms with Gasteiger partial charge in [0.25, 0.3) is 0 Å². The molecule has 0 saturated carbocycles. The molecular formula is C13H15ClN4. The first-order valence-corrected chi connectivity index (χ1v) is 5.96. The Morgan fingerprint density at radius 1 is 1.17 bits per heavy atom. The molecule has 0 bridgehead atoms. The molecule has 0 radical (unpaired) electrons. The van der Waals surface area contributed by atoms with E-state index < -0.39 is 6.04 Å². The molecule has 2 aromatic rings. The van der Waals surface area contributed by atoms with Crippen molar-refractivity contribution in [2.45, 2.75) is 19.9 Å². The summed E-state index contributed by atoms with van der Waals surface area (Å²) >= 11 is 5.92. The van der Waals surface area contributed by atoms with E-state index in [-0.39, 0.29) is 0 Å². The molecule has 18 heavy (non-hydrogen) atoms. The van der Waals surface area contributed by atoms with Gasteiger partial charge in [0.05, 0.1) is 16.8 Å². The standard InChI is InChI=1S/C13H15ClN4/c1-7-3-8(2)12(17-5-7)11(15)10-4-9(14)6-18-13(10)16/h3-6,11H,15H2,1-2H3,(H2,16,18). The fourth-order valence-corrected chi connectivity index (χ4v) is 2.08. The van der Waals surface area contributed by atoms with Crippen molar-refractivity contribution >= 4 is 17.4 Å². The highest BCUT2D eigenvalue weighted by molar-refractivity contribution is 6.30. The zero-order valence-corrected chi connectivity index (χ0v) is 11.1. The molecular weight excluding hydrogens is 248 g/mol. The summed E-state index contributed by atoms with van der Waals surface area (Å²) in [7, 11) is 0. The summed E-state index contributed by atoms with van der Waals surface area (Å²) in [5.74, 6) is 0.383. The second-order valence-electron chi connectivity index (χ2n) is 4.32. The fourth-order valence-electron chi connectivity index (χ4n) is 1.91. The number of hydrogen-bond acceptors (Lipinski definition) is 4. The molecule has 0 aliphatic rings. The normalized spacial score (nSPS) is 12.4. The molecule has 4 nitrogen and oxygen atoms in total. The van der Waals surface area contributed by atoms with Crippen LogP contribution in [-0.4, -0.2) is 9.97 Å². The van der Waals surface area contributed by atoms with Crippen molar-refractivity contribution in [2.24, 2.45) is 5.73 Å². The van der Waals surface area contributed by atoms with Crippen molar-refractivity contribution in [3.8, 4) is 0 Å². The number of hydrogen-bond donors (Lipinski definition) is 2. The Hall–Kier alpha value is -1.65. The second kappa shape index (κ2) is 4.92. The molecule has 2 rings (SSSR count). The monoisotopic (exact) mass is 262 g/mol. The van der Waals surface area contributed by atoms with Crippen molar-refractivity contribution in [2.75, 3.05) is 5.73 Å². The summed E-state index contributed by atoms with van der Waals surface area (Å²) in [6.07, 6.45) is 3.29. The molecule has 0 saturated heterocycles. The van der Waals surface area contributed by atoms with Gasteiger partial charge in [-0.1, -0.05) is 17.7 Å². The van der Waals surface area contributed by atoms with Crippen molar-refractivity contribution in [1.29, 1.82) is 0 Å². The number of nitrogens with zero attached hydrogens (tertiary/aromatic N) is 2. The van der Waals surface area contributed by atoms with Crippen molar-refractivity contribution in [1.82, 2.24) is 9.97 Å². The largest absolute Gasteiger partial charge is 0.383 e. The van der Waals surface area contributed by atoms with E-state index in [1.54, 1.807) is 12.3 Å². The van der Waals surface area contributed by atoms with E-state index in [0.29, 0.717) is 16.4 Å². The van der Waals surface area contributed by atoms with Gasteiger partial charge in [-0.2, -0.15) is 0 Å². The third-order valence-electron chi connectivity index (χ3n) is 2.80. The number of aromatic nitrogens is 2. The predicted molar refractivity (Wildman–Crippen MR) is 73.4 cm³/mol. The van der Waals surface area contributed by atoms with Gasteiger partial charge in [-0.05, 0) is 31.0 Å². The van der Waals surface area contributed by atoms with E-state index in [9.17, 15) is 0 Å². The Morgan fingerprint density at radius 2 is 1.89 bits per heavy atom. The third kappa shape index (κ3) is 2.44. The first kappa shape index (κ1) is 12.8. The van der Waals surface area contributed by atoms with Crippen LogP contribution in [0.3, 0.4) is 0 Å². The third-order valence-corrected chi connectivity index (χ3v) is 3.01. The molecule has 0 fully saturated rings. The molecule has 94 valence electrons. The predicted octanol–water partition coefficient (Wildman–Crippen LogP) is 2.38. The van der Waals surface area contributed by atoms with Gasteiger partial charge in [0, 0.05) is 18.0 Å². The SMILES string of the molecule is Cc1cnc(C(N)c2cc(Cl)cnc2N)c(C)c1. The minimum Gasteiger partial charge on any atom is -0.383 e. The zero-order valence-electron chi connectivity index (χ0n) is 10.3. The quantitative estimate of drug-likeness (QED) is 0.871. The topological polar surface area (TPSA) is 77.8 Å². The number of nitrogens with two attached hydrogens (primary N) is 2. The van der Waals surface area contributed by atoms with Crippen LogP contribution in [0.2, 0.25) is 5.02 Å². The summed E-state index contributed by atoms with van der Waals surface area (Å²) in [4.78, 5) is 8.38. The van der Waals surface area contributed by atoms with E-state index in [1.807, 2.05) is 19.9 Å². The highest BCUT2D eigenvalue weighted by Gasteiger charge is 2.16. The molecule has 5 heteroatoms. The lowest BCUT2D eigenvalue weighted by atomic mass is 10.0. The first-order valence-electron chi connectivity index (χ1n) is 5.58. The van der Waals surface area contributed by atoms with Gasteiger partial charge < -0.3 is 11.5 Å². The molecule has 0 aromatic carbocycles. The van der Waals surface area contributed by atoms with Crippen LogP contribution < -0.4 is 11.5 Å². The van der Waals surface area contributed by atoms with E-state index >= 15 is 0 Å². The first-order chi connectivity index (χ1) is 8.49. The van der Waals surface area contributed by atoms with Gasteiger partial charge in [-0.25, -0.2) is 4.98 Å². The summed E-state index contributed by atoms with van der Waals surface area (Å²) in [5, 5.41) is 0.513. The number of anilines is 1. The van der Waals surface area contributed by atoms with Gasteiger partial charge >= 0.3 is 0 Å². The van der Waals surface area contributed by atoms with Crippen LogP contribution in [0.4, 0.5) is 5.82 Å². The highest BCUT2D eigenvalue weighted by atomic mass is 35.5. The lowest BCUT2D eigenvalue weighted by Gasteiger charge is -2.16. The molecule has 4 N–H and O–H groups in total. The Morgan fingerprint density at radius 3 is 2.56 bits per heavy atom. The van der Waals surface area contributed by atoms with Gasteiger partial charge in [0.1, 0.15) is 5.82 Å². The van der Waals surface area contributed by atoms with E-state index in [0.717, 1.165) is 16.8 Å². The van der Waals surface area contributed by atoms with Crippen LogP contribution in [0.5, 0.6) is 0 Å². The Kier molecular flexibility index (Phi) is 3.50. The van der Waals surface area contributed by atoms with Crippen LogP contribution in [-0.2, 0) is 0 Å². The summed E-state index contributed by atoms with van der Waals surface area (Å²) in [6.45, 7) is 3.97. The molecule has 2 heterocycles. The molecule has 0 aliphatic heterocycles. The highest BCUT2D eigenvalue weighted by Crippen LogP contribution is 2.26. The number of aryl methyl sites for hydroxylation is 2. The summed E-state index contributed by atoms with van der Waals surface area (Å²) in [6, 6.07) is 3.35. The smallest absolute Gasteiger partial charge is 0.128 e. The van der Waals surface area contributed by atoms with Crippen LogP contribution >= 0.6 is 11.6 Å². The number of halogens is 1. The maximum absolute atomic E-state index is 6.20. The maximum Gasteiger partial charge on any atom is 0.128 e. The average molecular weight is 263 g/mol. The second-order valence-corrected chi connectivity index (χ2v) is 4.76. The van der Waals surface area contributed by atoms with Gasteiger partial charge in [-0.3, -0.25) is 4.98 Å². The van der Waals surface area contributed by atoms with Crippen LogP contribution in [0.25, 0.3) is 0 Å². The number of pyridine rings is 2. The van der Waals surface area contributed by atoms with Gasteiger partial charge in [-0.15, -0.1) is 0 Å². The van der Waals surface area contributed by atoms with Crippen LogP contribution in [0.1, 0.15) is 28.4 Å². The maximum atomic E-state index is 6.20. The average Bonchev–Trinajstić information content (AvgIpc) is 2.31. The van der Waals surface area contributed by atoms with E-state index in [1.165, 1.54) is 6.20 Å². The molecule has 2 aromatic heterocycles. The lowest BCUT2D eigenvalue weighted by Crippen LogP contribution is -2.17. The minimum absolute atomic E-state index is 0.383. The Labute approximate surface area is 111 Å². The summed E-state index contributed by atoms with van der Waals surface area (Å²) in [5.41, 5.74) is 15.6. The van der Waals surface area contributed by atoms with Crippen molar-refractivity contribution < 1.29 is 0 Å². The number of nitrogen functional groups attached to an aromatic ring is 1. The van der Waals surface area contributed by atoms with Gasteiger partial charge in [0.15, 0.2) is 0 Å².